The van der Waals surface area contributed by atoms with Gasteiger partial charge in [0.25, 0.3) is 5.91 Å². The minimum Gasteiger partial charge on any atom is -0.479 e. The number of hydrogen-bond acceptors (Lipinski definition) is 3. The molecule has 2 atom stereocenters. The Labute approximate surface area is 137 Å². The summed E-state index contributed by atoms with van der Waals surface area (Å²) in [7, 11) is 1.86. The van der Waals surface area contributed by atoms with Crippen LogP contribution in [0.25, 0.3) is 0 Å². The molecule has 1 aliphatic heterocycles. The van der Waals surface area contributed by atoms with Gasteiger partial charge in [-0.15, -0.1) is 0 Å². The van der Waals surface area contributed by atoms with E-state index in [2.05, 4.69) is 6.92 Å². The molecule has 1 aromatic carbocycles. The fraction of sp³-hybridized carbons (Fsp3) is 0.556. The Kier molecular flexibility index (Phi) is 4.28. The van der Waals surface area contributed by atoms with Crippen molar-refractivity contribution in [3.8, 4) is 5.75 Å². The highest BCUT2D eigenvalue weighted by atomic mass is 16.5. The Morgan fingerprint density at radius 1 is 1.39 bits per heavy atom. The average molecular weight is 316 g/mol. The van der Waals surface area contributed by atoms with E-state index in [0.717, 1.165) is 5.69 Å². The maximum absolute atomic E-state index is 12.4. The van der Waals surface area contributed by atoms with Crippen molar-refractivity contribution in [2.75, 3.05) is 18.5 Å². The summed E-state index contributed by atoms with van der Waals surface area (Å²) in [6, 6.07) is 7.76. The molecule has 0 bridgehead atoms. The van der Waals surface area contributed by atoms with Crippen LogP contribution in [0.4, 0.5) is 5.69 Å². The van der Waals surface area contributed by atoms with Gasteiger partial charge in [-0.1, -0.05) is 12.1 Å². The van der Waals surface area contributed by atoms with Gasteiger partial charge < -0.3 is 14.5 Å². The van der Waals surface area contributed by atoms with E-state index >= 15 is 0 Å². The van der Waals surface area contributed by atoms with Crippen LogP contribution in [-0.2, 0) is 9.59 Å². The quantitative estimate of drug-likeness (QED) is 0.838. The first kappa shape index (κ1) is 15.8. The molecule has 2 unspecified atom stereocenters. The molecule has 5 heteroatoms. The van der Waals surface area contributed by atoms with Gasteiger partial charge in [0.15, 0.2) is 6.10 Å². The Morgan fingerprint density at radius 3 is 2.78 bits per heavy atom. The lowest BCUT2D eigenvalue weighted by molar-refractivity contribution is -0.132. The number of hydrogen-bond donors (Lipinski definition) is 0. The minimum absolute atomic E-state index is 0.0885. The lowest BCUT2D eigenvalue weighted by Gasteiger charge is -2.33. The Balaban J connectivity index is 1.67. The maximum atomic E-state index is 12.4. The summed E-state index contributed by atoms with van der Waals surface area (Å²) < 4.78 is 5.62. The van der Waals surface area contributed by atoms with E-state index in [1.165, 1.54) is 12.8 Å². The first-order chi connectivity index (χ1) is 11.0. The number of fused-ring (bicyclic) bond motifs is 1. The highest BCUT2D eigenvalue weighted by molar-refractivity contribution is 6.00. The predicted molar refractivity (Wildman–Crippen MR) is 88.5 cm³/mol. The number of ether oxygens (including phenoxy) is 1. The molecule has 0 radical (unpaired) electrons. The van der Waals surface area contributed by atoms with Crippen LogP contribution in [0.1, 0.15) is 33.1 Å². The fourth-order valence-corrected chi connectivity index (χ4v) is 3.10. The van der Waals surface area contributed by atoms with Crippen LogP contribution >= 0.6 is 0 Å². The van der Waals surface area contributed by atoms with Gasteiger partial charge in [0.05, 0.1) is 5.69 Å². The summed E-state index contributed by atoms with van der Waals surface area (Å²) in [5.74, 6) is 1.35. The lowest BCUT2D eigenvalue weighted by atomic mass is 10.1. The van der Waals surface area contributed by atoms with Crippen LogP contribution < -0.4 is 9.64 Å². The smallest absolute Gasteiger partial charge is 0.267 e. The molecule has 0 aromatic heterocycles. The summed E-state index contributed by atoms with van der Waals surface area (Å²) >= 11 is 0. The van der Waals surface area contributed by atoms with Gasteiger partial charge in [0.1, 0.15) is 5.75 Å². The number of amides is 2. The summed E-state index contributed by atoms with van der Waals surface area (Å²) in [4.78, 5) is 28.3. The molecule has 1 aromatic rings. The van der Waals surface area contributed by atoms with Crippen LogP contribution in [0.5, 0.6) is 5.75 Å². The third-order valence-electron chi connectivity index (χ3n) is 4.93. The van der Waals surface area contributed by atoms with E-state index in [-0.39, 0.29) is 17.9 Å². The third-order valence-corrected chi connectivity index (χ3v) is 4.93. The number of nitrogens with zero attached hydrogens (tertiary/aromatic N) is 2. The van der Waals surface area contributed by atoms with Gasteiger partial charge in [-0.25, -0.2) is 0 Å². The van der Waals surface area contributed by atoms with Crippen molar-refractivity contribution in [2.45, 2.75) is 45.3 Å². The molecule has 1 saturated carbocycles. The van der Waals surface area contributed by atoms with E-state index in [4.69, 9.17) is 4.74 Å². The van der Waals surface area contributed by atoms with Crippen LogP contribution in [0.2, 0.25) is 0 Å². The van der Waals surface area contributed by atoms with E-state index in [1.807, 2.05) is 36.2 Å². The molecule has 0 spiro atoms. The SMILES string of the molecule is CC1Oc2ccccc2N(CCC(=O)N(C)C(C)C2CC2)C1=O. The second kappa shape index (κ2) is 6.22. The highest BCUT2D eigenvalue weighted by Gasteiger charge is 2.34. The first-order valence-corrected chi connectivity index (χ1v) is 8.31. The first-order valence-electron chi connectivity index (χ1n) is 8.31. The van der Waals surface area contributed by atoms with Crippen LogP contribution in [0.3, 0.4) is 0 Å². The standard InChI is InChI=1S/C18H24N2O3/c1-12(14-8-9-14)19(3)17(21)10-11-20-15-6-4-5-7-16(15)23-13(2)18(20)22/h4-7,12-14H,8-11H2,1-3H3. The molecule has 1 aliphatic carbocycles. The molecular weight excluding hydrogens is 292 g/mol. The van der Waals surface area contributed by atoms with Crippen molar-refractivity contribution in [3.05, 3.63) is 24.3 Å². The topological polar surface area (TPSA) is 49.9 Å². The number of benzene rings is 1. The minimum atomic E-state index is -0.511. The summed E-state index contributed by atoms with van der Waals surface area (Å²) in [5, 5.41) is 0. The van der Waals surface area contributed by atoms with Crippen LogP contribution in [0.15, 0.2) is 24.3 Å². The summed E-state index contributed by atoms with van der Waals surface area (Å²) in [6.07, 6.45) is 2.25. The van der Waals surface area contributed by atoms with Crippen molar-refractivity contribution >= 4 is 17.5 Å². The van der Waals surface area contributed by atoms with E-state index in [1.54, 1.807) is 11.8 Å². The molecule has 0 saturated heterocycles. The zero-order chi connectivity index (χ0) is 16.6. The molecule has 2 amide bonds. The van der Waals surface area contributed by atoms with Crippen molar-refractivity contribution in [3.63, 3.8) is 0 Å². The van der Waals surface area contributed by atoms with Crippen molar-refractivity contribution in [2.24, 2.45) is 5.92 Å². The number of carbonyl (C=O) groups is 2. The molecule has 0 N–H and O–H groups in total. The second-order valence-corrected chi connectivity index (χ2v) is 6.55. The van der Waals surface area contributed by atoms with E-state index in [9.17, 15) is 9.59 Å². The van der Waals surface area contributed by atoms with Crippen molar-refractivity contribution in [1.29, 1.82) is 0 Å². The Bertz CT molecular complexity index is 612. The third kappa shape index (κ3) is 3.19. The van der Waals surface area contributed by atoms with Gasteiger partial charge in [0, 0.05) is 26.1 Å². The van der Waals surface area contributed by atoms with E-state index in [0.29, 0.717) is 24.6 Å². The largest absolute Gasteiger partial charge is 0.479 e. The molecule has 23 heavy (non-hydrogen) atoms. The number of carbonyl (C=O) groups excluding carboxylic acids is 2. The predicted octanol–water partition coefficient (Wildman–Crippen LogP) is 2.45. The second-order valence-electron chi connectivity index (χ2n) is 6.55. The lowest BCUT2D eigenvalue weighted by Crippen LogP contribution is -2.46. The Hall–Kier alpha value is -2.04. The monoisotopic (exact) mass is 316 g/mol. The average Bonchev–Trinajstić information content (AvgIpc) is 3.38. The van der Waals surface area contributed by atoms with Gasteiger partial charge in [-0.2, -0.15) is 0 Å². The number of rotatable bonds is 5. The van der Waals surface area contributed by atoms with Crippen molar-refractivity contribution in [1.82, 2.24) is 4.90 Å². The van der Waals surface area contributed by atoms with Gasteiger partial charge in [0.2, 0.25) is 5.91 Å². The molecule has 1 fully saturated rings. The van der Waals surface area contributed by atoms with Crippen molar-refractivity contribution < 1.29 is 14.3 Å². The number of para-hydroxylation sites is 2. The molecule has 2 aliphatic rings. The van der Waals surface area contributed by atoms with Gasteiger partial charge in [-0.3, -0.25) is 9.59 Å². The Morgan fingerprint density at radius 2 is 2.09 bits per heavy atom. The maximum Gasteiger partial charge on any atom is 0.267 e. The molecular formula is C18H24N2O3. The molecule has 124 valence electrons. The molecule has 1 heterocycles. The zero-order valence-electron chi connectivity index (χ0n) is 14.0. The van der Waals surface area contributed by atoms with Gasteiger partial charge >= 0.3 is 0 Å². The normalized spacial score (nSPS) is 21.4. The molecule has 3 rings (SSSR count). The molecule has 5 nitrogen and oxygen atoms in total. The fourth-order valence-electron chi connectivity index (χ4n) is 3.10. The summed E-state index contributed by atoms with van der Waals surface area (Å²) in [6.45, 7) is 4.24. The van der Waals surface area contributed by atoms with E-state index < -0.39 is 6.10 Å². The highest BCUT2D eigenvalue weighted by Crippen LogP contribution is 2.35. The summed E-state index contributed by atoms with van der Waals surface area (Å²) in [5.41, 5.74) is 0.751. The van der Waals surface area contributed by atoms with Gasteiger partial charge in [-0.05, 0) is 44.7 Å². The zero-order valence-corrected chi connectivity index (χ0v) is 14.0. The van der Waals surface area contributed by atoms with Crippen LogP contribution in [-0.4, -0.2) is 42.5 Å². The number of anilines is 1. The van der Waals surface area contributed by atoms with Crippen LogP contribution in [0, 0.1) is 5.92 Å².